The van der Waals surface area contributed by atoms with E-state index in [-0.39, 0.29) is 6.04 Å². The SMILES string of the molecule is Oc1cccc2c1CCC2NCC1(O)CCCC1. The maximum atomic E-state index is 10.3. The Morgan fingerprint density at radius 2 is 2.06 bits per heavy atom. The van der Waals surface area contributed by atoms with E-state index in [9.17, 15) is 10.2 Å². The van der Waals surface area contributed by atoms with Crippen molar-refractivity contribution in [2.45, 2.75) is 50.2 Å². The van der Waals surface area contributed by atoms with Gasteiger partial charge in [-0.05, 0) is 42.9 Å². The first-order valence-corrected chi connectivity index (χ1v) is 6.94. The number of benzene rings is 1. The maximum absolute atomic E-state index is 10.3. The van der Waals surface area contributed by atoms with Crippen molar-refractivity contribution in [3.63, 3.8) is 0 Å². The average molecular weight is 247 g/mol. The van der Waals surface area contributed by atoms with Gasteiger partial charge in [-0.15, -0.1) is 0 Å². The normalized spacial score (nSPS) is 25.3. The third-order valence-electron chi connectivity index (χ3n) is 4.46. The Hall–Kier alpha value is -1.06. The predicted molar refractivity (Wildman–Crippen MR) is 70.6 cm³/mol. The molecule has 2 aliphatic carbocycles. The molecule has 0 heterocycles. The fourth-order valence-corrected chi connectivity index (χ4v) is 3.37. The van der Waals surface area contributed by atoms with Crippen molar-refractivity contribution in [2.75, 3.05) is 6.54 Å². The van der Waals surface area contributed by atoms with Crippen LogP contribution in [0.5, 0.6) is 5.75 Å². The van der Waals surface area contributed by atoms with Gasteiger partial charge in [-0.1, -0.05) is 25.0 Å². The van der Waals surface area contributed by atoms with Gasteiger partial charge >= 0.3 is 0 Å². The van der Waals surface area contributed by atoms with Gasteiger partial charge in [0.05, 0.1) is 5.60 Å². The van der Waals surface area contributed by atoms with Crippen LogP contribution in [-0.4, -0.2) is 22.4 Å². The number of phenols is 1. The Morgan fingerprint density at radius 1 is 1.28 bits per heavy atom. The second-order valence-corrected chi connectivity index (χ2v) is 5.75. The molecule has 0 spiro atoms. The van der Waals surface area contributed by atoms with Crippen LogP contribution < -0.4 is 5.32 Å². The molecule has 0 aliphatic heterocycles. The first kappa shape index (κ1) is 12.0. The molecule has 1 atom stereocenters. The predicted octanol–water partition coefficient (Wildman–Crippen LogP) is 2.27. The van der Waals surface area contributed by atoms with Crippen molar-refractivity contribution in [1.82, 2.24) is 5.32 Å². The number of rotatable bonds is 3. The minimum Gasteiger partial charge on any atom is -0.508 e. The minimum absolute atomic E-state index is 0.289. The molecule has 0 bridgehead atoms. The molecule has 1 aromatic rings. The van der Waals surface area contributed by atoms with Crippen molar-refractivity contribution in [3.8, 4) is 5.75 Å². The van der Waals surface area contributed by atoms with E-state index in [1.165, 1.54) is 5.56 Å². The van der Waals surface area contributed by atoms with E-state index in [0.717, 1.165) is 44.1 Å². The zero-order valence-corrected chi connectivity index (χ0v) is 10.7. The van der Waals surface area contributed by atoms with Gasteiger partial charge in [0, 0.05) is 12.6 Å². The van der Waals surface area contributed by atoms with Crippen LogP contribution in [-0.2, 0) is 6.42 Å². The first-order chi connectivity index (χ1) is 8.68. The third-order valence-corrected chi connectivity index (χ3v) is 4.46. The monoisotopic (exact) mass is 247 g/mol. The summed E-state index contributed by atoms with van der Waals surface area (Å²) in [5.74, 6) is 0.413. The van der Waals surface area contributed by atoms with E-state index >= 15 is 0 Å². The fraction of sp³-hybridized carbons (Fsp3) is 0.600. The molecule has 3 heteroatoms. The summed E-state index contributed by atoms with van der Waals surface area (Å²) < 4.78 is 0. The molecule has 3 N–H and O–H groups in total. The maximum Gasteiger partial charge on any atom is 0.119 e. The lowest BCUT2D eigenvalue weighted by molar-refractivity contribution is 0.0448. The third kappa shape index (κ3) is 2.13. The summed E-state index contributed by atoms with van der Waals surface area (Å²) in [6, 6.07) is 6.03. The summed E-state index contributed by atoms with van der Waals surface area (Å²) in [4.78, 5) is 0. The molecule has 98 valence electrons. The molecule has 2 aliphatic rings. The summed E-state index contributed by atoms with van der Waals surface area (Å²) >= 11 is 0. The highest BCUT2D eigenvalue weighted by Gasteiger charge is 2.33. The van der Waals surface area contributed by atoms with Crippen molar-refractivity contribution in [1.29, 1.82) is 0 Å². The molecule has 1 aromatic carbocycles. The lowest BCUT2D eigenvalue weighted by Gasteiger charge is -2.25. The van der Waals surface area contributed by atoms with E-state index in [4.69, 9.17) is 0 Å². The standard InChI is InChI=1S/C15H21NO2/c17-14-5-3-4-11-12(14)6-7-13(11)16-10-15(18)8-1-2-9-15/h3-5,13,16-18H,1-2,6-10H2. The van der Waals surface area contributed by atoms with E-state index in [0.29, 0.717) is 12.3 Å². The Balaban J connectivity index is 1.68. The van der Waals surface area contributed by atoms with E-state index in [1.807, 2.05) is 6.07 Å². The smallest absolute Gasteiger partial charge is 0.119 e. The minimum atomic E-state index is -0.500. The van der Waals surface area contributed by atoms with Crippen molar-refractivity contribution < 1.29 is 10.2 Å². The van der Waals surface area contributed by atoms with Crippen LogP contribution in [0.2, 0.25) is 0 Å². The molecular weight excluding hydrogens is 226 g/mol. The number of aliphatic hydroxyl groups is 1. The second kappa shape index (κ2) is 4.56. The number of nitrogens with one attached hydrogen (secondary N) is 1. The van der Waals surface area contributed by atoms with Crippen molar-refractivity contribution >= 4 is 0 Å². The number of hydrogen-bond acceptors (Lipinski definition) is 3. The molecule has 1 unspecified atom stereocenters. The van der Waals surface area contributed by atoms with Crippen LogP contribution in [0.25, 0.3) is 0 Å². The van der Waals surface area contributed by atoms with Gasteiger partial charge in [0.2, 0.25) is 0 Å². The molecular formula is C15H21NO2. The zero-order chi connectivity index (χ0) is 12.6. The quantitative estimate of drug-likeness (QED) is 0.768. The van der Waals surface area contributed by atoms with Gasteiger partial charge in [0.1, 0.15) is 5.75 Å². The van der Waals surface area contributed by atoms with Crippen molar-refractivity contribution in [3.05, 3.63) is 29.3 Å². The summed E-state index contributed by atoms with van der Waals surface area (Å²) in [5.41, 5.74) is 1.78. The fourth-order valence-electron chi connectivity index (χ4n) is 3.37. The molecule has 3 nitrogen and oxygen atoms in total. The highest BCUT2D eigenvalue weighted by Crippen LogP contribution is 2.37. The number of hydrogen-bond donors (Lipinski definition) is 3. The molecule has 0 aromatic heterocycles. The second-order valence-electron chi connectivity index (χ2n) is 5.75. The summed E-state index contributed by atoms with van der Waals surface area (Å²) in [7, 11) is 0. The van der Waals surface area contributed by atoms with Gasteiger partial charge in [0.25, 0.3) is 0 Å². The largest absolute Gasteiger partial charge is 0.508 e. The molecule has 0 amide bonds. The molecule has 3 rings (SSSR count). The van der Waals surface area contributed by atoms with Crippen molar-refractivity contribution in [2.24, 2.45) is 0 Å². The Kier molecular flexibility index (Phi) is 3.04. The van der Waals surface area contributed by atoms with E-state index in [1.54, 1.807) is 6.07 Å². The van der Waals surface area contributed by atoms with Crippen LogP contribution in [0.4, 0.5) is 0 Å². The highest BCUT2D eigenvalue weighted by atomic mass is 16.3. The van der Waals surface area contributed by atoms with Gasteiger partial charge in [0.15, 0.2) is 0 Å². The van der Waals surface area contributed by atoms with Gasteiger partial charge in [-0.3, -0.25) is 0 Å². The molecule has 0 saturated heterocycles. The van der Waals surface area contributed by atoms with Crippen LogP contribution in [0, 0.1) is 0 Å². The summed E-state index contributed by atoms with van der Waals surface area (Å²) in [5, 5.41) is 23.6. The Bertz CT molecular complexity index is 438. The highest BCUT2D eigenvalue weighted by molar-refractivity contribution is 5.44. The van der Waals surface area contributed by atoms with Gasteiger partial charge < -0.3 is 15.5 Å². The van der Waals surface area contributed by atoms with E-state index < -0.39 is 5.60 Å². The summed E-state index contributed by atoms with van der Waals surface area (Å²) in [6.45, 7) is 0.673. The van der Waals surface area contributed by atoms with E-state index in [2.05, 4.69) is 11.4 Å². The lowest BCUT2D eigenvalue weighted by Crippen LogP contribution is -2.39. The summed E-state index contributed by atoms with van der Waals surface area (Å²) in [6.07, 6.45) is 6.06. The van der Waals surface area contributed by atoms with Crippen LogP contribution in [0.3, 0.4) is 0 Å². The first-order valence-electron chi connectivity index (χ1n) is 6.94. The van der Waals surface area contributed by atoms with Crippen LogP contribution in [0.1, 0.15) is 49.3 Å². The van der Waals surface area contributed by atoms with Gasteiger partial charge in [-0.25, -0.2) is 0 Å². The molecule has 1 saturated carbocycles. The lowest BCUT2D eigenvalue weighted by atomic mass is 10.0. The zero-order valence-electron chi connectivity index (χ0n) is 10.7. The number of fused-ring (bicyclic) bond motifs is 1. The van der Waals surface area contributed by atoms with Crippen LogP contribution in [0.15, 0.2) is 18.2 Å². The van der Waals surface area contributed by atoms with Crippen LogP contribution >= 0.6 is 0 Å². The van der Waals surface area contributed by atoms with Gasteiger partial charge in [-0.2, -0.15) is 0 Å². The molecule has 18 heavy (non-hydrogen) atoms. The Labute approximate surface area is 108 Å². The average Bonchev–Trinajstić information content (AvgIpc) is 2.95. The topological polar surface area (TPSA) is 52.5 Å². The number of phenolic OH excluding ortho intramolecular Hbond substituents is 1. The molecule has 0 radical (unpaired) electrons. The Morgan fingerprint density at radius 3 is 2.83 bits per heavy atom. The number of aromatic hydroxyl groups is 1. The molecule has 1 fully saturated rings.